The van der Waals surface area contributed by atoms with E-state index in [4.69, 9.17) is 0 Å². The van der Waals surface area contributed by atoms with Gasteiger partial charge in [-0.25, -0.2) is 0 Å². The second-order valence-electron chi connectivity index (χ2n) is 6.33. The van der Waals surface area contributed by atoms with E-state index in [0.29, 0.717) is 0 Å². The molecule has 0 aliphatic carbocycles. The highest BCUT2D eigenvalue weighted by molar-refractivity contribution is 4.74. The highest BCUT2D eigenvalue weighted by Gasteiger charge is 2.20. The number of hydrogen-bond acceptors (Lipinski definition) is 3. The number of piperidine rings is 1. The molecule has 0 aromatic carbocycles. The lowest BCUT2D eigenvalue weighted by Crippen LogP contribution is -2.39. The van der Waals surface area contributed by atoms with Crippen molar-refractivity contribution in [3.8, 4) is 0 Å². The smallest absolute Gasteiger partial charge is 0.0107 e. The Morgan fingerprint density at radius 1 is 1.17 bits per heavy atom. The van der Waals surface area contributed by atoms with Crippen LogP contribution in [0.5, 0.6) is 0 Å². The van der Waals surface area contributed by atoms with E-state index >= 15 is 0 Å². The zero-order valence-electron chi connectivity index (χ0n) is 12.9. The van der Waals surface area contributed by atoms with Crippen molar-refractivity contribution in [2.24, 2.45) is 11.8 Å². The van der Waals surface area contributed by atoms with Gasteiger partial charge in [0.1, 0.15) is 0 Å². The Kier molecular flexibility index (Phi) is 7.87. The van der Waals surface area contributed by atoms with Gasteiger partial charge in [-0.3, -0.25) is 0 Å². The Hall–Kier alpha value is -0.120. The molecule has 108 valence electrons. The van der Waals surface area contributed by atoms with Crippen molar-refractivity contribution in [1.82, 2.24) is 15.1 Å². The zero-order valence-corrected chi connectivity index (χ0v) is 12.9. The minimum absolute atomic E-state index is 0.872. The largest absolute Gasteiger partial charge is 0.315 e. The first-order valence-corrected chi connectivity index (χ1v) is 7.67. The quantitative estimate of drug-likeness (QED) is 0.668. The van der Waals surface area contributed by atoms with Gasteiger partial charge in [0, 0.05) is 13.1 Å². The van der Waals surface area contributed by atoms with Crippen molar-refractivity contribution in [3.63, 3.8) is 0 Å². The fraction of sp³-hybridized carbons (Fsp3) is 1.00. The lowest BCUT2D eigenvalue weighted by molar-refractivity contribution is 0.158. The molecule has 0 radical (unpaired) electrons. The summed E-state index contributed by atoms with van der Waals surface area (Å²) in [5.74, 6) is 1.84. The molecule has 3 heteroatoms. The van der Waals surface area contributed by atoms with Crippen molar-refractivity contribution >= 4 is 0 Å². The Morgan fingerprint density at radius 3 is 2.39 bits per heavy atom. The molecule has 0 atom stereocenters. The molecule has 1 rings (SSSR count). The summed E-state index contributed by atoms with van der Waals surface area (Å²) in [6.07, 6.45) is 4.05. The van der Waals surface area contributed by atoms with Crippen LogP contribution in [-0.4, -0.2) is 63.2 Å². The van der Waals surface area contributed by atoms with Crippen LogP contribution < -0.4 is 5.32 Å². The van der Waals surface area contributed by atoms with Crippen molar-refractivity contribution in [3.05, 3.63) is 0 Å². The normalized spacial score (nSPS) is 19.0. The summed E-state index contributed by atoms with van der Waals surface area (Å²) in [7, 11) is 4.28. The first kappa shape index (κ1) is 15.9. The summed E-state index contributed by atoms with van der Waals surface area (Å²) in [5, 5.41) is 3.55. The number of likely N-dealkylation sites (tertiary alicyclic amines) is 1. The maximum Gasteiger partial charge on any atom is 0.0107 e. The average molecular weight is 255 g/mol. The van der Waals surface area contributed by atoms with E-state index < -0.39 is 0 Å². The summed E-state index contributed by atoms with van der Waals surface area (Å²) in [6.45, 7) is 12.1. The zero-order chi connectivity index (χ0) is 13.4. The van der Waals surface area contributed by atoms with E-state index in [-0.39, 0.29) is 0 Å². The lowest BCUT2D eigenvalue weighted by atomic mass is 9.87. The molecular formula is C15H33N3. The van der Waals surface area contributed by atoms with Gasteiger partial charge in [0.15, 0.2) is 0 Å². The van der Waals surface area contributed by atoms with Gasteiger partial charge in [-0.15, -0.1) is 0 Å². The van der Waals surface area contributed by atoms with Gasteiger partial charge in [0.2, 0.25) is 0 Å². The van der Waals surface area contributed by atoms with E-state index in [1.54, 1.807) is 0 Å². The van der Waals surface area contributed by atoms with Gasteiger partial charge >= 0.3 is 0 Å². The van der Waals surface area contributed by atoms with Crippen molar-refractivity contribution in [2.75, 3.05) is 53.4 Å². The van der Waals surface area contributed by atoms with Gasteiger partial charge < -0.3 is 15.1 Å². The van der Waals surface area contributed by atoms with Crippen LogP contribution >= 0.6 is 0 Å². The fourth-order valence-electron chi connectivity index (χ4n) is 2.73. The summed E-state index contributed by atoms with van der Waals surface area (Å²) in [5.41, 5.74) is 0. The van der Waals surface area contributed by atoms with Gasteiger partial charge in [0.05, 0.1) is 0 Å². The summed E-state index contributed by atoms with van der Waals surface area (Å²) in [4.78, 5) is 4.87. The highest BCUT2D eigenvalue weighted by Crippen LogP contribution is 2.23. The molecule has 0 aromatic rings. The molecule has 18 heavy (non-hydrogen) atoms. The molecule has 1 fully saturated rings. The molecule has 1 N–H and O–H groups in total. The monoisotopic (exact) mass is 255 g/mol. The van der Waals surface area contributed by atoms with Crippen molar-refractivity contribution in [1.29, 1.82) is 0 Å². The average Bonchev–Trinajstić information content (AvgIpc) is 2.34. The molecule has 0 unspecified atom stereocenters. The summed E-state index contributed by atoms with van der Waals surface area (Å²) < 4.78 is 0. The molecule has 0 saturated carbocycles. The molecule has 0 spiro atoms. The molecule has 0 bridgehead atoms. The Balaban J connectivity index is 1.95. The van der Waals surface area contributed by atoms with Crippen LogP contribution in [-0.2, 0) is 0 Å². The maximum absolute atomic E-state index is 3.55. The van der Waals surface area contributed by atoms with Crippen LogP contribution in [0, 0.1) is 11.8 Å². The van der Waals surface area contributed by atoms with Crippen LogP contribution in [0.3, 0.4) is 0 Å². The predicted molar refractivity (Wildman–Crippen MR) is 80.0 cm³/mol. The molecular weight excluding hydrogens is 222 g/mol. The molecule has 3 nitrogen and oxygen atoms in total. The Bertz CT molecular complexity index is 196. The van der Waals surface area contributed by atoms with Crippen molar-refractivity contribution < 1.29 is 0 Å². The third kappa shape index (κ3) is 6.72. The topological polar surface area (TPSA) is 18.5 Å². The van der Waals surface area contributed by atoms with Crippen LogP contribution in [0.25, 0.3) is 0 Å². The van der Waals surface area contributed by atoms with Gasteiger partial charge in [0.25, 0.3) is 0 Å². The van der Waals surface area contributed by atoms with E-state index in [2.05, 4.69) is 43.1 Å². The second kappa shape index (κ2) is 8.89. The Labute approximate surface area is 114 Å². The first-order valence-electron chi connectivity index (χ1n) is 7.67. The number of nitrogens with one attached hydrogen (secondary N) is 1. The van der Waals surface area contributed by atoms with Crippen LogP contribution in [0.15, 0.2) is 0 Å². The lowest BCUT2D eigenvalue weighted by Gasteiger charge is -2.33. The molecule has 0 amide bonds. The van der Waals surface area contributed by atoms with Crippen LogP contribution in [0.2, 0.25) is 0 Å². The van der Waals surface area contributed by atoms with Gasteiger partial charge in [-0.1, -0.05) is 13.8 Å². The highest BCUT2D eigenvalue weighted by atomic mass is 15.1. The molecule has 1 aliphatic heterocycles. The van der Waals surface area contributed by atoms with E-state index in [9.17, 15) is 0 Å². The predicted octanol–water partition coefficient (Wildman–Crippen LogP) is 1.90. The van der Waals surface area contributed by atoms with E-state index in [1.807, 2.05) is 0 Å². The van der Waals surface area contributed by atoms with E-state index in [0.717, 1.165) is 24.9 Å². The second-order valence-corrected chi connectivity index (χ2v) is 6.33. The number of hydrogen-bond donors (Lipinski definition) is 1. The number of rotatable bonds is 8. The molecule has 1 aliphatic rings. The van der Waals surface area contributed by atoms with Crippen LogP contribution in [0.4, 0.5) is 0 Å². The van der Waals surface area contributed by atoms with Gasteiger partial charge in [-0.05, 0) is 71.4 Å². The van der Waals surface area contributed by atoms with Crippen LogP contribution in [0.1, 0.15) is 33.1 Å². The maximum atomic E-state index is 3.55. The molecule has 1 heterocycles. The van der Waals surface area contributed by atoms with Crippen molar-refractivity contribution in [2.45, 2.75) is 33.1 Å². The third-order valence-electron chi connectivity index (χ3n) is 4.14. The Morgan fingerprint density at radius 2 is 1.83 bits per heavy atom. The van der Waals surface area contributed by atoms with E-state index in [1.165, 1.54) is 45.4 Å². The minimum atomic E-state index is 0.872. The van der Waals surface area contributed by atoms with Gasteiger partial charge in [-0.2, -0.15) is 0 Å². The third-order valence-corrected chi connectivity index (χ3v) is 4.14. The molecule has 1 saturated heterocycles. The molecule has 0 aromatic heterocycles. The standard InChI is InChI=1S/C15H33N3/c1-14(2)15-6-11-18(12-7-15)13-9-16-8-5-10-17(3)4/h14-16H,5-13H2,1-4H3. The minimum Gasteiger partial charge on any atom is -0.315 e. The summed E-state index contributed by atoms with van der Waals surface area (Å²) in [6, 6.07) is 0. The SMILES string of the molecule is CC(C)C1CCN(CCNCCCN(C)C)CC1. The fourth-order valence-corrected chi connectivity index (χ4v) is 2.73. The number of nitrogens with zero attached hydrogens (tertiary/aromatic N) is 2. The first-order chi connectivity index (χ1) is 8.59. The summed E-state index contributed by atoms with van der Waals surface area (Å²) >= 11 is 0.